The number of carbonyl (C=O) groups is 1. The predicted octanol–water partition coefficient (Wildman–Crippen LogP) is 1.70. The second-order valence-corrected chi connectivity index (χ2v) is 4.39. The van der Waals surface area contributed by atoms with E-state index in [0.717, 1.165) is 18.4 Å². The van der Waals surface area contributed by atoms with E-state index in [-0.39, 0.29) is 18.4 Å². The van der Waals surface area contributed by atoms with Crippen LogP contribution in [0.25, 0.3) is 0 Å². The number of nitrogens with one attached hydrogen (secondary N) is 1. The summed E-state index contributed by atoms with van der Waals surface area (Å²) in [7, 11) is 0. The Morgan fingerprint density at radius 2 is 1.95 bits per heavy atom. The molecule has 1 aromatic carbocycles. The molecular formula is C14H22N2O3. The molecule has 0 unspecified atom stereocenters. The van der Waals surface area contributed by atoms with Gasteiger partial charge in [-0.15, -0.1) is 0 Å². The van der Waals surface area contributed by atoms with Gasteiger partial charge in [-0.3, -0.25) is 0 Å². The molecule has 0 aromatic heterocycles. The van der Waals surface area contributed by atoms with E-state index >= 15 is 0 Å². The van der Waals surface area contributed by atoms with Crippen molar-refractivity contribution in [1.82, 2.24) is 10.2 Å². The third kappa shape index (κ3) is 5.61. The lowest BCUT2D eigenvalue weighted by Gasteiger charge is -2.22. The normalized spacial score (nSPS) is 10.2. The third-order valence-corrected chi connectivity index (χ3v) is 2.82. The van der Waals surface area contributed by atoms with E-state index in [1.807, 2.05) is 0 Å². The molecule has 0 radical (unpaired) electrons. The Bertz CT molecular complexity index is 379. The Labute approximate surface area is 113 Å². The maximum absolute atomic E-state index is 11.9. The largest absolute Gasteiger partial charge is 0.508 e. The van der Waals surface area contributed by atoms with Gasteiger partial charge in [0, 0.05) is 19.6 Å². The molecule has 0 spiro atoms. The summed E-state index contributed by atoms with van der Waals surface area (Å²) in [6.45, 7) is 3.44. The number of hydrogen-bond donors (Lipinski definition) is 3. The van der Waals surface area contributed by atoms with Crippen LogP contribution in [-0.2, 0) is 6.54 Å². The Morgan fingerprint density at radius 1 is 1.26 bits per heavy atom. The SMILES string of the molecule is CCCCN(CCO)C(=O)NCc1ccc(O)cc1. The number of aliphatic hydroxyl groups excluding tert-OH is 1. The molecule has 19 heavy (non-hydrogen) atoms. The highest BCUT2D eigenvalue weighted by atomic mass is 16.3. The van der Waals surface area contributed by atoms with Crippen LogP contribution < -0.4 is 5.32 Å². The summed E-state index contributed by atoms with van der Waals surface area (Å²) >= 11 is 0. The minimum atomic E-state index is -0.171. The maximum atomic E-state index is 11.9. The number of benzene rings is 1. The topological polar surface area (TPSA) is 72.8 Å². The van der Waals surface area contributed by atoms with Crippen LogP contribution in [0.3, 0.4) is 0 Å². The first kappa shape index (κ1) is 15.3. The first-order valence-corrected chi connectivity index (χ1v) is 6.59. The van der Waals surface area contributed by atoms with Crippen molar-refractivity contribution < 1.29 is 15.0 Å². The van der Waals surface area contributed by atoms with Gasteiger partial charge in [-0.1, -0.05) is 25.5 Å². The van der Waals surface area contributed by atoms with Crippen molar-refractivity contribution >= 4 is 6.03 Å². The number of amides is 2. The monoisotopic (exact) mass is 266 g/mol. The van der Waals surface area contributed by atoms with Crippen LogP contribution in [0.2, 0.25) is 0 Å². The molecule has 5 heteroatoms. The summed E-state index contributed by atoms with van der Waals surface area (Å²) in [5.74, 6) is 0.208. The van der Waals surface area contributed by atoms with Crippen LogP contribution in [0.1, 0.15) is 25.3 Å². The number of hydrogen-bond acceptors (Lipinski definition) is 3. The molecule has 0 aliphatic carbocycles. The lowest BCUT2D eigenvalue weighted by atomic mass is 10.2. The van der Waals surface area contributed by atoms with E-state index < -0.39 is 0 Å². The molecule has 2 amide bonds. The third-order valence-electron chi connectivity index (χ3n) is 2.82. The van der Waals surface area contributed by atoms with E-state index in [2.05, 4.69) is 12.2 Å². The first-order chi connectivity index (χ1) is 9.17. The van der Waals surface area contributed by atoms with Gasteiger partial charge >= 0.3 is 6.03 Å². The van der Waals surface area contributed by atoms with Crippen LogP contribution in [0.15, 0.2) is 24.3 Å². The van der Waals surface area contributed by atoms with Crippen molar-refractivity contribution in [1.29, 1.82) is 0 Å². The fourth-order valence-electron chi connectivity index (χ4n) is 1.69. The van der Waals surface area contributed by atoms with Gasteiger partial charge in [-0.25, -0.2) is 4.79 Å². The fourth-order valence-corrected chi connectivity index (χ4v) is 1.69. The summed E-state index contributed by atoms with van der Waals surface area (Å²) in [4.78, 5) is 13.5. The van der Waals surface area contributed by atoms with Crippen molar-refractivity contribution in [3.8, 4) is 5.75 Å². The molecule has 106 valence electrons. The number of unbranched alkanes of at least 4 members (excludes halogenated alkanes) is 1. The summed E-state index contributed by atoms with van der Waals surface area (Å²) in [6.07, 6.45) is 1.93. The number of carbonyl (C=O) groups excluding carboxylic acids is 1. The molecule has 3 N–H and O–H groups in total. The molecule has 0 aliphatic rings. The number of phenols is 1. The van der Waals surface area contributed by atoms with Crippen LogP contribution in [0.5, 0.6) is 5.75 Å². The fraction of sp³-hybridized carbons (Fsp3) is 0.500. The number of aromatic hydroxyl groups is 1. The van der Waals surface area contributed by atoms with Crippen molar-refractivity contribution in [2.45, 2.75) is 26.3 Å². The second kappa shape index (κ2) is 8.37. The van der Waals surface area contributed by atoms with Crippen LogP contribution >= 0.6 is 0 Å². The summed E-state index contributed by atoms with van der Waals surface area (Å²) in [5, 5.41) is 20.9. The van der Waals surface area contributed by atoms with E-state index in [9.17, 15) is 4.79 Å². The van der Waals surface area contributed by atoms with Crippen LogP contribution in [0.4, 0.5) is 4.79 Å². The zero-order valence-corrected chi connectivity index (χ0v) is 11.3. The Hall–Kier alpha value is -1.75. The van der Waals surface area contributed by atoms with Crippen LogP contribution in [0, 0.1) is 0 Å². The Morgan fingerprint density at radius 3 is 2.53 bits per heavy atom. The van der Waals surface area contributed by atoms with E-state index in [1.54, 1.807) is 29.2 Å². The molecular weight excluding hydrogens is 244 g/mol. The summed E-state index contributed by atoms with van der Waals surface area (Å²) < 4.78 is 0. The minimum absolute atomic E-state index is 0.0314. The molecule has 0 saturated heterocycles. The highest BCUT2D eigenvalue weighted by Gasteiger charge is 2.11. The van der Waals surface area contributed by atoms with Gasteiger partial charge in [-0.2, -0.15) is 0 Å². The van der Waals surface area contributed by atoms with E-state index in [4.69, 9.17) is 10.2 Å². The molecule has 0 aliphatic heterocycles. The smallest absolute Gasteiger partial charge is 0.317 e. The molecule has 1 aromatic rings. The maximum Gasteiger partial charge on any atom is 0.317 e. The molecule has 0 saturated carbocycles. The Balaban J connectivity index is 2.44. The molecule has 0 atom stereocenters. The van der Waals surface area contributed by atoms with E-state index in [0.29, 0.717) is 19.6 Å². The highest BCUT2D eigenvalue weighted by molar-refractivity contribution is 5.74. The Kier molecular flexibility index (Phi) is 6.74. The van der Waals surface area contributed by atoms with Gasteiger partial charge in [0.1, 0.15) is 5.75 Å². The number of urea groups is 1. The van der Waals surface area contributed by atoms with Crippen molar-refractivity contribution in [2.75, 3.05) is 19.7 Å². The van der Waals surface area contributed by atoms with Gasteiger partial charge < -0.3 is 20.4 Å². The lowest BCUT2D eigenvalue weighted by molar-refractivity contribution is 0.176. The highest BCUT2D eigenvalue weighted by Crippen LogP contribution is 2.09. The minimum Gasteiger partial charge on any atom is -0.508 e. The quantitative estimate of drug-likeness (QED) is 0.703. The van der Waals surface area contributed by atoms with Gasteiger partial charge in [0.15, 0.2) is 0 Å². The van der Waals surface area contributed by atoms with Gasteiger partial charge in [-0.05, 0) is 24.1 Å². The standard InChI is InChI=1S/C14H22N2O3/c1-2-3-8-16(9-10-17)14(19)15-11-12-4-6-13(18)7-5-12/h4-7,17-18H,2-3,8-11H2,1H3,(H,15,19). The average Bonchev–Trinajstić information content (AvgIpc) is 2.42. The lowest BCUT2D eigenvalue weighted by Crippen LogP contribution is -2.41. The van der Waals surface area contributed by atoms with Gasteiger partial charge in [0.25, 0.3) is 0 Å². The predicted molar refractivity (Wildman–Crippen MR) is 73.9 cm³/mol. The average molecular weight is 266 g/mol. The molecule has 0 fully saturated rings. The molecule has 0 heterocycles. The van der Waals surface area contributed by atoms with Crippen LogP contribution in [-0.4, -0.2) is 40.8 Å². The molecule has 1 rings (SSSR count). The molecule has 5 nitrogen and oxygen atoms in total. The second-order valence-electron chi connectivity index (χ2n) is 4.39. The summed E-state index contributed by atoms with van der Waals surface area (Å²) in [6, 6.07) is 6.53. The molecule has 0 bridgehead atoms. The van der Waals surface area contributed by atoms with Gasteiger partial charge in [0.2, 0.25) is 0 Å². The zero-order chi connectivity index (χ0) is 14.1. The van der Waals surface area contributed by atoms with Gasteiger partial charge in [0.05, 0.1) is 6.61 Å². The van der Waals surface area contributed by atoms with Crippen molar-refractivity contribution in [3.63, 3.8) is 0 Å². The number of aliphatic hydroxyl groups is 1. The zero-order valence-electron chi connectivity index (χ0n) is 11.3. The van der Waals surface area contributed by atoms with Crippen molar-refractivity contribution in [2.24, 2.45) is 0 Å². The number of rotatable bonds is 7. The first-order valence-electron chi connectivity index (χ1n) is 6.59. The summed E-state index contributed by atoms with van der Waals surface area (Å²) in [5.41, 5.74) is 0.922. The number of phenolic OH excluding ortho intramolecular Hbond substituents is 1. The number of nitrogens with zero attached hydrogens (tertiary/aromatic N) is 1. The van der Waals surface area contributed by atoms with Crippen molar-refractivity contribution in [3.05, 3.63) is 29.8 Å². The van der Waals surface area contributed by atoms with E-state index in [1.165, 1.54) is 0 Å².